The zero-order valence-corrected chi connectivity index (χ0v) is 11.3. The summed E-state index contributed by atoms with van der Waals surface area (Å²) in [7, 11) is 1.77. The predicted molar refractivity (Wildman–Crippen MR) is 69.9 cm³/mol. The Kier molecular flexibility index (Phi) is 4.10. The van der Waals surface area contributed by atoms with Crippen LogP contribution in [0.1, 0.15) is 50.0 Å². The summed E-state index contributed by atoms with van der Waals surface area (Å²) in [5.74, 6) is 0.496. The molecule has 0 N–H and O–H groups in total. The summed E-state index contributed by atoms with van der Waals surface area (Å²) >= 11 is 0. The van der Waals surface area contributed by atoms with Gasteiger partial charge in [0.05, 0.1) is 4.90 Å². The molecule has 1 fully saturated rings. The van der Waals surface area contributed by atoms with Gasteiger partial charge < -0.3 is 0 Å². The Hall–Kier alpha value is -0.540. The molecule has 2 rings (SSSR count). The molecule has 1 aliphatic rings. The molecule has 0 bridgehead atoms. The smallest absolute Gasteiger partial charge is 0.207 e. The van der Waals surface area contributed by atoms with Crippen LogP contribution in [-0.2, 0) is 9.05 Å². The Bertz CT molecular complexity index is 474. The molecule has 2 nitrogen and oxygen atoms in total. The van der Waals surface area contributed by atoms with Gasteiger partial charge in [0.15, 0.2) is 0 Å². The highest BCUT2D eigenvalue weighted by atomic mass is 35.7. The number of hydrogen-bond donors (Lipinski definition) is 0. The molecule has 4 heteroatoms. The molecule has 0 atom stereocenters. The molecule has 0 saturated heterocycles. The van der Waals surface area contributed by atoms with E-state index in [0.29, 0.717) is 5.92 Å². The summed E-state index contributed by atoms with van der Waals surface area (Å²) in [6.45, 7) is 0. The van der Waals surface area contributed by atoms with E-state index in [9.17, 15) is 8.42 Å². The van der Waals surface area contributed by atoms with Gasteiger partial charge in [-0.15, -0.1) is 0 Å². The van der Waals surface area contributed by atoms with E-state index in [1.807, 2.05) is 6.07 Å². The molecule has 1 aromatic rings. The molecule has 0 unspecified atom stereocenters. The van der Waals surface area contributed by atoms with Crippen LogP contribution in [0.3, 0.4) is 0 Å². The molecule has 0 heterocycles. The van der Waals surface area contributed by atoms with Gasteiger partial charge in [-0.25, -0.2) is 8.42 Å². The lowest BCUT2D eigenvalue weighted by molar-refractivity contribution is 0.589. The van der Waals surface area contributed by atoms with Crippen LogP contribution in [0.4, 0.5) is 0 Å². The third-order valence-corrected chi connectivity index (χ3v) is 4.82. The van der Waals surface area contributed by atoms with Crippen molar-refractivity contribution >= 4 is 19.7 Å². The van der Waals surface area contributed by atoms with E-state index in [4.69, 9.17) is 10.7 Å². The average Bonchev–Trinajstić information content (AvgIpc) is 2.56. The summed E-state index contributed by atoms with van der Waals surface area (Å²) in [4.78, 5) is 0.223. The Morgan fingerprint density at radius 1 is 1.06 bits per heavy atom. The maximum Gasteiger partial charge on any atom is 0.261 e. The Morgan fingerprint density at radius 3 is 2.29 bits per heavy atom. The van der Waals surface area contributed by atoms with Crippen molar-refractivity contribution in [3.63, 3.8) is 0 Å². The molecule has 0 amide bonds. The van der Waals surface area contributed by atoms with Crippen LogP contribution in [0.25, 0.3) is 0 Å². The zero-order valence-electron chi connectivity index (χ0n) is 9.73. The molecule has 0 radical (unpaired) electrons. The van der Waals surface area contributed by atoms with E-state index in [1.54, 1.807) is 18.2 Å². The first kappa shape index (κ1) is 12.9. The Balaban J connectivity index is 2.26. The van der Waals surface area contributed by atoms with Crippen LogP contribution in [-0.4, -0.2) is 8.42 Å². The molecule has 17 heavy (non-hydrogen) atoms. The van der Waals surface area contributed by atoms with Crippen LogP contribution in [0.15, 0.2) is 29.2 Å². The Labute approximate surface area is 107 Å². The normalized spacial score (nSPS) is 18.9. The second-order valence-corrected chi connectivity index (χ2v) is 7.26. The molecular weight excluding hydrogens is 256 g/mol. The minimum absolute atomic E-state index is 0.223. The first-order valence-electron chi connectivity index (χ1n) is 6.12. The number of hydrogen-bond acceptors (Lipinski definition) is 2. The van der Waals surface area contributed by atoms with Crippen molar-refractivity contribution in [2.75, 3.05) is 0 Å². The second-order valence-electron chi connectivity index (χ2n) is 4.70. The van der Waals surface area contributed by atoms with Crippen molar-refractivity contribution in [1.82, 2.24) is 0 Å². The fourth-order valence-corrected chi connectivity index (χ4v) is 3.34. The van der Waals surface area contributed by atoms with Crippen molar-refractivity contribution in [3.8, 4) is 0 Å². The number of benzene rings is 1. The molecule has 0 spiro atoms. The zero-order chi connectivity index (χ0) is 12.3. The molecule has 1 aromatic carbocycles. The van der Waals surface area contributed by atoms with Crippen molar-refractivity contribution in [1.29, 1.82) is 0 Å². The molecule has 0 aliphatic heterocycles. The first-order chi connectivity index (χ1) is 8.07. The molecule has 94 valence electrons. The number of rotatable bonds is 2. The third-order valence-electron chi connectivity index (χ3n) is 3.47. The fraction of sp³-hybridized carbons (Fsp3) is 0.538. The SMILES string of the molecule is O=S(=O)(Cl)c1cccc(C2CCCCCC2)c1. The highest BCUT2D eigenvalue weighted by Crippen LogP contribution is 2.32. The average molecular weight is 273 g/mol. The third kappa shape index (κ3) is 3.46. The van der Waals surface area contributed by atoms with Gasteiger partial charge >= 0.3 is 0 Å². The van der Waals surface area contributed by atoms with Gasteiger partial charge in [0.1, 0.15) is 0 Å². The maximum atomic E-state index is 11.3. The number of halogens is 1. The molecule has 1 saturated carbocycles. The van der Waals surface area contributed by atoms with Crippen LogP contribution in [0.2, 0.25) is 0 Å². The standard InChI is InChI=1S/C13H17ClO2S/c14-17(15,16)13-9-5-8-12(10-13)11-6-3-1-2-4-7-11/h5,8-11H,1-4,6-7H2. The summed E-state index contributed by atoms with van der Waals surface area (Å²) in [6, 6.07) is 7.10. The minimum Gasteiger partial charge on any atom is -0.207 e. The Morgan fingerprint density at radius 2 is 1.71 bits per heavy atom. The topological polar surface area (TPSA) is 34.1 Å². The van der Waals surface area contributed by atoms with E-state index in [1.165, 1.54) is 25.7 Å². The van der Waals surface area contributed by atoms with Gasteiger partial charge in [0, 0.05) is 10.7 Å². The van der Waals surface area contributed by atoms with Gasteiger partial charge in [0.2, 0.25) is 0 Å². The molecule has 1 aliphatic carbocycles. The lowest BCUT2D eigenvalue weighted by atomic mass is 9.92. The lowest BCUT2D eigenvalue weighted by Crippen LogP contribution is -1.99. The van der Waals surface area contributed by atoms with Crippen LogP contribution in [0.5, 0.6) is 0 Å². The van der Waals surface area contributed by atoms with Crippen molar-refractivity contribution in [2.24, 2.45) is 0 Å². The van der Waals surface area contributed by atoms with Gasteiger partial charge in [-0.2, -0.15) is 0 Å². The fourth-order valence-electron chi connectivity index (χ4n) is 2.53. The van der Waals surface area contributed by atoms with E-state index in [-0.39, 0.29) is 4.90 Å². The van der Waals surface area contributed by atoms with E-state index >= 15 is 0 Å². The largest absolute Gasteiger partial charge is 0.261 e. The summed E-state index contributed by atoms with van der Waals surface area (Å²) < 4.78 is 22.6. The second kappa shape index (κ2) is 5.40. The van der Waals surface area contributed by atoms with Gasteiger partial charge in [0.25, 0.3) is 9.05 Å². The predicted octanol–water partition coefficient (Wildman–Crippen LogP) is 4.05. The minimum atomic E-state index is -3.60. The molecular formula is C13H17ClO2S. The van der Waals surface area contributed by atoms with Crippen LogP contribution < -0.4 is 0 Å². The van der Waals surface area contributed by atoms with Crippen molar-refractivity contribution < 1.29 is 8.42 Å². The lowest BCUT2D eigenvalue weighted by Gasteiger charge is -2.14. The van der Waals surface area contributed by atoms with Crippen molar-refractivity contribution in [3.05, 3.63) is 29.8 Å². The maximum absolute atomic E-state index is 11.3. The van der Waals surface area contributed by atoms with Gasteiger partial charge in [-0.05, 0) is 36.5 Å². The first-order valence-corrected chi connectivity index (χ1v) is 8.43. The monoisotopic (exact) mass is 272 g/mol. The quantitative estimate of drug-likeness (QED) is 0.601. The van der Waals surface area contributed by atoms with E-state index < -0.39 is 9.05 Å². The highest BCUT2D eigenvalue weighted by Gasteiger charge is 2.17. The molecule has 0 aromatic heterocycles. The van der Waals surface area contributed by atoms with E-state index in [0.717, 1.165) is 18.4 Å². The van der Waals surface area contributed by atoms with Crippen molar-refractivity contribution in [2.45, 2.75) is 49.3 Å². The highest BCUT2D eigenvalue weighted by molar-refractivity contribution is 8.13. The summed E-state index contributed by atoms with van der Waals surface area (Å²) in [5.41, 5.74) is 1.12. The van der Waals surface area contributed by atoms with Gasteiger partial charge in [-0.1, -0.05) is 37.8 Å². The van der Waals surface area contributed by atoms with E-state index in [2.05, 4.69) is 0 Å². The summed E-state index contributed by atoms with van der Waals surface area (Å²) in [6.07, 6.45) is 7.39. The van der Waals surface area contributed by atoms with Crippen LogP contribution in [0, 0.1) is 0 Å². The van der Waals surface area contributed by atoms with Gasteiger partial charge in [-0.3, -0.25) is 0 Å². The summed E-state index contributed by atoms with van der Waals surface area (Å²) in [5, 5.41) is 0. The van der Waals surface area contributed by atoms with Crippen LogP contribution >= 0.6 is 10.7 Å².